The predicted molar refractivity (Wildman–Crippen MR) is 40.7 cm³/mol. The summed E-state index contributed by atoms with van der Waals surface area (Å²) in [5.41, 5.74) is 0. The van der Waals surface area contributed by atoms with Crippen molar-refractivity contribution in [2.24, 2.45) is 5.92 Å². The van der Waals surface area contributed by atoms with Crippen LogP contribution in [0.2, 0.25) is 0 Å². The van der Waals surface area contributed by atoms with Crippen molar-refractivity contribution < 1.29 is 8.78 Å². The number of alkyl halides is 2. The molecule has 0 N–H and O–H groups in total. The Balaban J connectivity index is 2.28. The summed E-state index contributed by atoms with van der Waals surface area (Å²) in [6.45, 7) is 5.63. The molecule has 1 aliphatic heterocycles. The topological polar surface area (TPSA) is 3.24 Å². The van der Waals surface area contributed by atoms with Gasteiger partial charge in [0.2, 0.25) is 6.43 Å². The van der Waals surface area contributed by atoms with Crippen molar-refractivity contribution >= 4 is 0 Å². The minimum Gasteiger partial charge on any atom is -0.299 e. The molecular weight excluding hydrogens is 148 g/mol. The van der Waals surface area contributed by atoms with Crippen LogP contribution in [0.1, 0.15) is 6.42 Å². The molecule has 0 spiro atoms. The Kier molecular flexibility index (Phi) is 3.00. The molecule has 3 heteroatoms. The second kappa shape index (κ2) is 3.81. The van der Waals surface area contributed by atoms with Crippen LogP contribution in [-0.4, -0.2) is 31.0 Å². The van der Waals surface area contributed by atoms with E-state index in [1.807, 2.05) is 4.90 Å². The standard InChI is InChI=1S/C8H13F2N/c1-2-4-11-5-3-7(6-11)8(9)10/h2,7-8H,1,3-6H2. The molecule has 64 valence electrons. The molecule has 1 heterocycles. The summed E-state index contributed by atoms with van der Waals surface area (Å²) in [6, 6.07) is 0. The summed E-state index contributed by atoms with van der Waals surface area (Å²) in [5, 5.41) is 0. The molecule has 1 rings (SSSR count). The maximum Gasteiger partial charge on any atom is 0.242 e. The van der Waals surface area contributed by atoms with Gasteiger partial charge in [-0.15, -0.1) is 6.58 Å². The Morgan fingerprint density at radius 3 is 2.82 bits per heavy atom. The molecule has 0 aliphatic carbocycles. The van der Waals surface area contributed by atoms with E-state index in [4.69, 9.17) is 0 Å². The summed E-state index contributed by atoms with van der Waals surface area (Å²) in [7, 11) is 0. The van der Waals surface area contributed by atoms with E-state index in [-0.39, 0.29) is 0 Å². The van der Waals surface area contributed by atoms with Crippen molar-refractivity contribution in [1.82, 2.24) is 4.90 Å². The van der Waals surface area contributed by atoms with Gasteiger partial charge in [-0.1, -0.05) is 6.08 Å². The van der Waals surface area contributed by atoms with Crippen LogP contribution in [0.5, 0.6) is 0 Å². The SMILES string of the molecule is C=CCN1CCC(C(F)F)C1. The number of rotatable bonds is 3. The highest BCUT2D eigenvalue weighted by molar-refractivity contribution is 4.82. The molecule has 0 aromatic carbocycles. The third kappa shape index (κ3) is 2.26. The van der Waals surface area contributed by atoms with Gasteiger partial charge in [0, 0.05) is 19.0 Å². The van der Waals surface area contributed by atoms with Crippen LogP contribution in [0.3, 0.4) is 0 Å². The van der Waals surface area contributed by atoms with Crippen LogP contribution >= 0.6 is 0 Å². The van der Waals surface area contributed by atoms with E-state index < -0.39 is 12.3 Å². The first kappa shape index (κ1) is 8.65. The first-order valence-corrected chi connectivity index (χ1v) is 3.85. The van der Waals surface area contributed by atoms with E-state index >= 15 is 0 Å². The summed E-state index contributed by atoms with van der Waals surface area (Å²) >= 11 is 0. The lowest BCUT2D eigenvalue weighted by Crippen LogP contribution is -2.22. The minimum absolute atomic E-state index is 0.407. The predicted octanol–water partition coefficient (Wildman–Crippen LogP) is 1.76. The second-order valence-corrected chi connectivity index (χ2v) is 2.93. The van der Waals surface area contributed by atoms with Gasteiger partial charge in [0.15, 0.2) is 0 Å². The zero-order chi connectivity index (χ0) is 8.27. The first-order chi connectivity index (χ1) is 5.24. The molecule has 1 atom stereocenters. The van der Waals surface area contributed by atoms with E-state index in [0.717, 1.165) is 13.1 Å². The van der Waals surface area contributed by atoms with Crippen molar-refractivity contribution in [2.45, 2.75) is 12.8 Å². The van der Waals surface area contributed by atoms with Gasteiger partial charge in [-0.2, -0.15) is 0 Å². The normalized spacial score (nSPS) is 26.3. The van der Waals surface area contributed by atoms with Crippen LogP contribution in [0.4, 0.5) is 8.78 Å². The molecular formula is C8H13F2N. The molecule has 0 radical (unpaired) electrons. The highest BCUT2D eigenvalue weighted by Crippen LogP contribution is 2.22. The van der Waals surface area contributed by atoms with Gasteiger partial charge in [0.05, 0.1) is 0 Å². The Bertz CT molecular complexity index is 136. The van der Waals surface area contributed by atoms with E-state index in [1.54, 1.807) is 6.08 Å². The third-order valence-electron chi connectivity index (χ3n) is 2.05. The van der Waals surface area contributed by atoms with E-state index in [0.29, 0.717) is 13.0 Å². The molecule has 0 aromatic heterocycles. The van der Waals surface area contributed by atoms with Gasteiger partial charge in [-0.25, -0.2) is 8.78 Å². The molecule has 1 unspecified atom stereocenters. The average Bonchev–Trinajstić information content (AvgIpc) is 2.37. The van der Waals surface area contributed by atoms with Gasteiger partial charge < -0.3 is 0 Å². The Morgan fingerprint density at radius 2 is 2.36 bits per heavy atom. The van der Waals surface area contributed by atoms with Gasteiger partial charge in [0.25, 0.3) is 0 Å². The fraction of sp³-hybridized carbons (Fsp3) is 0.750. The Labute approximate surface area is 65.7 Å². The van der Waals surface area contributed by atoms with Crippen molar-refractivity contribution in [1.29, 1.82) is 0 Å². The van der Waals surface area contributed by atoms with Crippen molar-refractivity contribution in [2.75, 3.05) is 19.6 Å². The molecule has 0 amide bonds. The van der Waals surface area contributed by atoms with E-state index in [2.05, 4.69) is 6.58 Å². The third-order valence-corrected chi connectivity index (χ3v) is 2.05. The molecule has 1 saturated heterocycles. The maximum atomic E-state index is 12.1. The lowest BCUT2D eigenvalue weighted by molar-refractivity contribution is 0.0815. The molecule has 0 bridgehead atoms. The fourth-order valence-electron chi connectivity index (χ4n) is 1.42. The number of likely N-dealkylation sites (tertiary alicyclic amines) is 1. The zero-order valence-electron chi connectivity index (χ0n) is 6.47. The van der Waals surface area contributed by atoms with Gasteiger partial charge >= 0.3 is 0 Å². The summed E-state index contributed by atoms with van der Waals surface area (Å²) < 4.78 is 24.2. The summed E-state index contributed by atoms with van der Waals surface area (Å²) in [6.07, 6.45) is 0.240. The summed E-state index contributed by atoms with van der Waals surface area (Å²) in [4.78, 5) is 2.00. The van der Waals surface area contributed by atoms with Gasteiger partial charge in [-0.05, 0) is 13.0 Å². The zero-order valence-corrected chi connectivity index (χ0v) is 6.47. The molecule has 11 heavy (non-hydrogen) atoms. The first-order valence-electron chi connectivity index (χ1n) is 3.85. The minimum atomic E-state index is -2.15. The molecule has 0 aromatic rings. The number of hydrogen-bond acceptors (Lipinski definition) is 1. The lowest BCUT2D eigenvalue weighted by atomic mass is 10.1. The number of hydrogen-bond donors (Lipinski definition) is 0. The molecule has 1 aliphatic rings. The van der Waals surface area contributed by atoms with Crippen molar-refractivity contribution in [3.8, 4) is 0 Å². The highest BCUT2D eigenvalue weighted by Gasteiger charge is 2.28. The van der Waals surface area contributed by atoms with Crippen LogP contribution in [0, 0.1) is 5.92 Å². The second-order valence-electron chi connectivity index (χ2n) is 2.93. The monoisotopic (exact) mass is 161 g/mol. The molecule has 0 saturated carbocycles. The lowest BCUT2D eigenvalue weighted by Gasteiger charge is -2.12. The van der Waals surface area contributed by atoms with Crippen LogP contribution in [-0.2, 0) is 0 Å². The quantitative estimate of drug-likeness (QED) is 0.570. The fourth-order valence-corrected chi connectivity index (χ4v) is 1.42. The van der Waals surface area contributed by atoms with Crippen LogP contribution in [0.25, 0.3) is 0 Å². The summed E-state index contributed by atoms with van der Waals surface area (Å²) in [5.74, 6) is -0.407. The largest absolute Gasteiger partial charge is 0.299 e. The number of nitrogens with zero attached hydrogens (tertiary/aromatic N) is 1. The molecule has 1 fully saturated rings. The Hall–Kier alpha value is -0.440. The average molecular weight is 161 g/mol. The number of halogens is 2. The molecule has 1 nitrogen and oxygen atoms in total. The van der Waals surface area contributed by atoms with Gasteiger partial charge in [-0.3, -0.25) is 4.90 Å². The maximum absolute atomic E-state index is 12.1. The van der Waals surface area contributed by atoms with E-state index in [1.165, 1.54) is 0 Å². The van der Waals surface area contributed by atoms with Crippen LogP contribution < -0.4 is 0 Å². The van der Waals surface area contributed by atoms with Crippen molar-refractivity contribution in [3.63, 3.8) is 0 Å². The smallest absolute Gasteiger partial charge is 0.242 e. The van der Waals surface area contributed by atoms with Crippen LogP contribution in [0.15, 0.2) is 12.7 Å². The van der Waals surface area contributed by atoms with Gasteiger partial charge in [0.1, 0.15) is 0 Å². The van der Waals surface area contributed by atoms with E-state index in [9.17, 15) is 8.78 Å². The Morgan fingerprint density at radius 1 is 1.64 bits per heavy atom. The van der Waals surface area contributed by atoms with Crippen molar-refractivity contribution in [3.05, 3.63) is 12.7 Å². The highest BCUT2D eigenvalue weighted by atomic mass is 19.3.